The molecule has 0 radical (unpaired) electrons. The zero-order chi connectivity index (χ0) is 9.07. The second kappa shape index (κ2) is 3.92. The van der Waals surface area contributed by atoms with Crippen LogP contribution in [-0.2, 0) is 0 Å². The highest BCUT2D eigenvalue weighted by Gasteiger charge is 2.31. The van der Waals surface area contributed by atoms with E-state index >= 15 is 0 Å². The van der Waals surface area contributed by atoms with Crippen LogP contribution < -0.4 is 5.73 Å². The van der Waals surface area contributed by atoms with Gasteiger partial charge in [-0.2, -0.15) is 13.2 Å². The molecule has 0 fully saturated rings. The summed E-state index contributed by atoms with van der Waals surface area (Å²) in [6.07, 6.45) is -5.12. The number of hydrogen-bond donors (Lipinski definition) is 2. The predicted octanol–water partition coefficient (Wildman–Crippen LogP) is 0.895. The zero-order valence-electron chi connectivity index (χ0n) is 6.23. The minimum atomic E-state index is -4.19. The molecule has 0 heterocycles. The predicted molar refractivity (Wildman–Crippen MR) is 34.9 cm³/mol. The fourth-order valence-corrected chi connectivity index (χ4v) is 0.696. The summed E-state index contributed by atoms with van der Waals surface area (Å²) in [4.78, 5) is 0. The lowest BCUT2D eigenvalue weighted by Crippen LogP contribution is -2.34. The number of rotatable bonds is 3. The average molecular weight is 171 g/mol. The summed E-state index contributed by atoms with van der Waals surface area (Å²) >= 11 is 0. The normalized spacial score (nSPS) is 18.0. The van der Waals surface area contributed by atoms with E-state index < -0.39 is 31.2 Å². The Labute approximate surface area is 63.2 Å². The van der Waals surface area contributed by atoms with Crippen LogP contribution in [-0.4, -0.2) is 23.9 Å². The van der Waals surface area contributed by atoms with Crippen molar-refractivity contribution >= 4 is 0 Å². The van der Waals surface area contributed by atoms with Gasteiger partial charge in [0, 0.05) is 12.5 Å². The molecule has 2 atom stereocenters. The van der Waals surface area contributed by atoms with E-state index in [1.54, 1.807) is 0 Å². The van der Waals surface area contributed by atoms with Gasteiger partial charge in [-0.05, 0) is 5.92 Å². The molecule has 0 unspecified atom stereocenters. The summed E-state index contributed by atoms with van der Waals surface area (Å²) in [5.74, 6) is -0.722. The Balaban J connectivity index is 3.77. The molecule has 11 heavy (non-hydrogen) atoms. The molecule has 0 saturated carbocycles. The van der Waals surface area contributed by atoms with E-state index in [4.69, 9.17) is 10.8 Å². The minimum absolute atomic E-state index is 0.406. The monoisotopic (exact) mass is 171 g/mol. The molecule has 0 amide bonds. The van der Waals surface area contributed by atoms with Gasteiger partial charge in [-0.3, -0.25) is 0 Å². The molecule has 0 bridgehead atoms. The molecule has 0 aromatic heterocycles. The van der Waals surface area contributed by atoms with Gasteiger partial charge in [0.2, 0.25) is 0 Å². The highest BCUT2D eigenvalue weighted by molar-refractivity contribution is 4.70. The average Bonchev–Trinajstić information content (AvgIpc) is 1.82. The molecule has 0 aliphatic carbocycles. The van der Waals surface area contributed by atoms with E-state index in [0.717, 1.165) is 0 Å². The number of hydrogen-bond acceptors (Lipinski definition) is 2. The molecule has 0 spiro atoms. The van der Waals surface area contributed by atoms with Crippen LogP contribution in [0.1, 0.15) is 13.3 Å². The van der Waals surface area contributed by atoms with Gasteiger partial charge in [-0.1, -0.05) is 6.92 Å². The van der Waals surface area contributed by atoms with Gasteiger partial charge in [0.25, 0.3) is 0 Å². The molecule has 0 aromatic carbocycles. The van der Waals surface area contributed by atoms with Crippen LogP contribution in [0.3, 0.4) is 0 Å². The van der Waals surface area contributed by atoms with Crippen LogP contribution in [0.4, 0.5) is 13.2 Å². The van der Waals surface area contributed by atoms with Crippen molar-refractivity contribution in [2.24, 2.45) is 11.7 Å². The number of nitrogens with two attached hydrogens (primary N) is 1. The fourth-order valence-electron chi connectivity index (χ4n) is 0.696. The standard InChI is InChI=1S/C6H12F3NO/c1-4(5(10)3-11)2-6(7,8)9/h4-5,11H,2-3,10H2,1H3/t4-,5-/m1/s1. The summed E-state index contributed by atoms with van der Waals surface area (Å²) < 4.78 is 35.0. The molecule has 0 saturated heterocycles. The van der Waals surface area contributed by atoms with E-state index in [1.807, 2.05) is 0 Å². The summed E-state index contributed by atoms with van der Waals surface area (Å²) in [5, 5.41) is 8.41. The molecule has 0 aromatic rings. The lowest BCUT2D eigenvalue weighted by molar-refractivity contribution is -0.145. The van der Waals surface area contributed by atoms with Crippen molar-refractivity contribution in [3.63, 3.8) is 0 Å². The Morgan fingerprint density at radius 2 is 1.91 bits per heavy atom. The number of aliphatic hydroxyl groups is 1. The third kappa shape index (κ3) is 5.03. The lowest BCUT2D eigenvalue weighted by atomic mass is 10.00. The summed E-state index contributed by atoms with van der Waals surface area (Å²) in [7, 11) is 0. The largest absolute Gasteiger partial charge is 0.395 e. The molecule has 0 aliphatic heterocycles. The van der Waals surface area contributed by atoms with E-state index in [-0.39, 0.29) is 0 Å². The van der Waals surface area contributed by atoms with Gasteiger partial charge in [0.1, 0.15) is 0 Å². The van der Waals surface area contributed by atoms with Crippen molar-refractivity contribution in [1.82, 2.24) is 0 Å². The van der Waals surface area contributed by atoms with E-state index in [0.29, 0.717) is 0 Å². The lowest BCUT2D eigenvalue weighted by Gasteiger charge is -2.18. The summed E-state index contributed by atoms with van der Waals surface area (Å²) in [6.45, 7) is 0.964. The highest BCUT2D eigenvalue weighted by atomic mass is 19.4. The van der Waals surface area contributed by atoms with Crippen molar-refractivity contribution in [2.75, 3.05) is 6.61 Å². The third-order valence-electron chi connectivity index (χ3n) is 1.50. The molecular formula is C6H12F3NO. The molecule has 0 rings (SSSR count). The van der Waals surface area contributed by atoms with Crippen LogP contribution in [0.15, 0.2) is 0 Å². The second-order valence-corrected chi connectivity index (χ2v) is 2.64. The van der Waals surface area contributed by atoms with Gasteiger partial charge in [-0.15, -0.1) is 0 Å². The first-order valence-corrected chi connectivity index (χ1v) is 3.30. The highest BCUT2D eigenvalue weighted by Crippen LogP contribution is 2.25. The zero-order valence-corrected chi connectivity index (χ0v) is 6.23. The Morgan fingerprint density at radius 3 is 2.18 bits per heavy atom. The molecular weight excluding hydrogens is 159 g/mol. The smallest absolute Gasteiger partial charge is 0.389 e. The van der Waals surface area contributed by atoms with Crippen LogP contribution in [0.25, 0.3) is 0 Å². The van der Waals surface area contributed by atoms with Crippen molar-refractivity contribution in [3.8, 4) is 0 Å². The molecule has 3 N–H and O–H groups in total. The van der Waals surface area contributed by atoms with E-state index in [1.165, 1.54) is 6.92 Å². The van der Waals surface area contributed by atoms with Crippen LogP contribution in [0.5, 0.6) is 0 Å². The topological polar surface area (TPSA) is 46.2 Å². The van der Waals surface area contributed by atoms with Gasteiger partial charge in [-0.25, -0.2) is 0 Å². The van der Waals surface area contributed by atoms with Gasteiger partial charge >= 0.3 is 6.18 Å². The van der Waals surface area contributed by atoms with Crippen LogP contribution in [0.2, 0.25) is 0 Å². The first-order valence-electron chi connectivity index (χ1n) is 3.30. The Morgan fingerprint density at radius 1 is 1.45 bits per heavy atom. The van der Waals surface area contributed by atoms with E-state index in [9.17, 15) is 13.2 Å². The first-order chi connectivity index (χ1) is 4.87. The SMILES string of the molecule is C[C@H](CC(F)(F)F)[C@H](N)CO. The maximum atomic E-state index is 11.7. The third-order valence-corrected chi connectivity index (χ3v) is 1.50. The van der Waals surface area contributed by atoms with Crippen molar-refractivity contribution in [1.29, 1.82) is 0 Å². The number of halogens is 3. The quantitative estimate of drug-likeness (QED) is 0.662. The van der Waals surface area contributed by atoms with Crippen molar-refractivity contribution in [2.45, 2.75) is 25.6 Å². The second-order valence-electron chi connectivity index (χ2n) is 2.64. The maximum Gasteiger partial charge on any atom is 0.389 e. The molecule has 68 valence electrons. The van der Waals surface area contributed by atoms with E-state index in [2.05, 4.69) is 0 Å². The molecule has 2 nitrogen and oxygen atoms in total. The van der Waals surface area contributed by atoms with Crippen LogP contribution >= 0.6 is 0 Å². The summed E-state index contributed by atoms with van der Waals surface area (Å²) in [6, 6.07) is -0.781. The first kappa shape index (κ1) is 10.7. The van der Waals surface area contributed by atoms with Gasteiger partial charge < -0.3 is 10.8 Å². The summed E-state index contributed by atoms with van der Waals surface area (Å²) in [5.41, 5.74) is 5.17. The maximum absolute atomic E-state index is 11.7. The number of aliphatic hydroxyl groups excluding tert-OH is 1. The Hall–Kier alpha value is -0.290. The fraction of sp³-hybridized carbons (Fsp3) is 1.00. The molecule has 0 aliphatic rings. The van der Waals surface area contributed by atoms with Gasteiger partial charge in [0.15, 0.2) is 0 Å². The van der Waals surface area contributed by atoms with Gasteiger partial charge in [0.05, 0.1) is 6.61 Å². The van der Waals surface area contributed by atoms with Crippen LogP contribution in [0, 0.1) is 5.92 Å². The number of alkyl halides is 3. The Kier molecular flexibility index (Phi) is 3.82. The van der Waals surface area contributed by atoms with Crippen molar-refractivity contribution < 1.29 is 18.3 Å². The van der Waals surface area contributed by atoms with Crippen molar-refractivity contribution in [3.05, 3.63) is 0 Å². The minimum Gasteiger partial charge on any atom is -0.395 e. The molecule has 5 heteroatoms. The Bertz CT molecular complexity index is 115.